The smallest absolute Gasteiger partial charge is 0.264 e. The Bertz CT molecular complexity index is 1250. The van der Waals surface area contributed by atoms with E-state index in [-0.39, 0.29) is 12.5 Å². The number of aromatic nitrogens is 3. The molecule has 0 aliphatic carbocycles. The Balaban J connectivity index is 1.59. The monoisotopic (exact) mass is 523 g/mol. The molecule has 1 aliphatic rings. The normalized spacial score (nSPS) is 14.9. The third kappa shape index (κ3) is 6.77. The van der Waals surface area contributed by atoms with Gasteiger partial charge >= 0.3 is 0 Å². The van der Waals surface area contributed by atoms with Crippen LogP contribution >= 0.6 is 23.2 Å². The summed E-state index contributed by atoms with van der Waals surface area (Å²) in [4.78, 5) is 17.7. The molecule has 2 aromatic heterocycles. The fourth-order valence-electron chi connectivity index (χ4n) is 3.37. The summed E-state index contributed by atoms with van der Waals surface area (Å²) >= 11 is 12.3. The number of halogens is 2. The van der Waals surface area contributed by atoms with Crippen LogP contribution in [0.15, 0.2) is 42.7 Å². The number of ether oxygens (including phenoxy) is 1. The molecule has 0 saturated carbocycles. The molecule has 0 atom stereocenters. The first-order valence-electron chi connectivity index (χ1n) is 10.4. The molecule has 0 amide bonds. The first-order chi connectivity index (χ1) is 16.1. The van der Waals surface area contributed by atoms with Crippen LogP contribution < -0.4 is 9.64 Å². The quantitative estimate of drug-likeness (QED) is 0.427. The zero-order chi connectivity index (χ0) is 24.3. The molecule has 0 spiro atoms. The van der Waals surface area contributed by atoms with Gasteiger partial charge in [-0.2, -0.15) is 8.42 Å². The molecule has 3 aromatic rings. The van der Waals surface area contributed by atoms with E-state index in [0.29, 0.717) is 38.6 Å². The molecule has 1 aromatic carbocycles. The van der Waals surface area contributed by atoms with Gasteiger partial charge in [0.05, 0.1) is 31.0 Å². The minimum Gasteiger partial charge on any atom is -0.436 e. The summed E-state index contributed by atoms with van der Waals surface area (Å²) in [5.41, 5.74) is 1.67. The number of benzene rings is 1. The van der Waals surface area contributed by atoms with Crippen molar-refractivity contribution in [1.82, 2.24) is 19.9 Å². The fraction of sp³-hybridized carbons (Fsp3) is 0.318. The second-order valence-corrected chi connectivity index (χ2v) is 10.5. The minimum absolute atomic E-state index is 0.183. The molecule has 12 heteroatoms. The summed E-state index contributed by atoms with van der Waals surface area (Å²) in [6, 6.07) is 8.30. The second kappa shape index (κ2) is 10.4. The standard InChI is InChI=1S/C22H23Cl2N5O4S/c1-28-3-5-29(6-4-28)22-25-12-19(13-26-22)33-21-8-15(14-32-34(2,30)31)7-20(27-21)16-9-17(23)11-18(24)10-16/h7-13H,3-6,14H2,1-2H3. The van der Waals surface area contributed by atoms with Crippen LogP contribution in [-0.2, 0) is 20.9 Å². The Morgan fingerprint density at radius 1 is 0.971 bits per heavy atom. The van der Waals surface area contributed by atoms with Crippen molar-refractivity contribution in [3.05, 3.63) is 58.3 Å². The van der Waals surface area contributed by atoms with E-state index in [1.165, 1.54) is 0 Å². The molecular formula is C22H23Cl2N5O4S. The number of nitrogens with zero attached hydrogens (tertiary/aromatic N) is 5. The van der Waals surface area contributed by atoms with Crippen LogP contribution in [0.4, 0.5) is 5.95 Å². The zero-order valence-electron chi connectivity index (χ0n) is 18.6. The number of rotatable bonds is 7. The molecule has 0 N–H and O–H groups in total. The van der Waals surface area contributed by atoms with Crippen LogP contribution in [0.3, 0.4) is 0 Å². The summed E-state index contributed by atoms with van der Waals surface area (Å²) in [6.45, 7) is 3.42. The van der Waals surface area contributed by atoms with Crippen molar-refractivity contribution >= 4 is 39.3 Å². The van der Waals surface area contributed by atoms with Crippen LogP contribution in [0.1, 0.15) is 5.56 Å². The average molecular weight is 524 g/mol. The Hall–Kier alpha value is -2.50. The SMILES string of the molecule is CN1CCN(c2ncc(Oc3cc(COS(C)(=O)=O)cc(-c4cc(Cl)cc(Cl)c4)n3)cn2)CC1. The predicted molar refractivity (Wildman–Crippen MR) is 131 cm³/mol. The first-order valence-corrected chi connectivity index (χ1v) is 13.0. The van der Waals surface area contributed by atoms with Crippen molar-refractivity contribution in [3.8, 4) is 22.9 Å². The van der Waals surface area contributed by atoms with Crippen LogP contribution in [-0.4, -0.2) is 67.8 Å². The predicted octanol–water partition coefficient (Wildman–Crippen LogP) is 3.87. The summed E-state index contributed by atoms with van der Waals surface area (Å²) in [7, 11) is -1.55. The number of pyridine rings is 1. The maximum Gasteiger partial charge on any atom is 0.264 e. The van der Waals surface area contributed by atoms with E-state index in [4.69, 9.17) is 32.1 Å². The maximum absolute atomic E-state index is 11.5. The molecule has 4 rings (SSSR count). The van der Waals surface area contributed by atoms with Gasteiger partial charge < -0.3 is 14.5 Å². The van der Waals surface area contributed by atoms with Gasteiger partial charge in [0.1, 0.15) is 0 Å². The van der Waals surface area contributed by atoms with E-state index in [2.05, 4.69) is 31.8 Å². The molecule has 1 fully saturated rings. The van der Waals surface area contributed by atoms with Crippen molar-refractivity contribution in [1.29, 1.82) is 0 Å². The van der Waals surface area contributed by atoms with Gasteiger partial charge in [0, 0.05) is 47.9 Å². The number of hydrogen-bond donors (Lipinski definition) is 0. The second-order valence-electron chi connectivity index (χ2n) is 7.93. The molecule has 1 saturated heterocycles. The van der Waals surface area contributed by atoms with Gasteiger partial charge in [-0.15, -0.1) is 0 Å². The topological polar surface area (TPSA) is 97.8 Å². The molecular weight excluding hydrogens is 501 g/mol. The van der Waals surface area contributed by atoms with E-state index < -0.39 is 10.1 Å². The van der Waals surface area contributed by atoms with Gasteiger partial charge in [0.25, 0.3) is 10.1 Å². The highest BCUT2D eigenvalue weighted by Gasteiger charge is 2.17. The number of piperazine rings is 1. The van der Waals surface area contributed by atoms with Crippen LogP contribution in [0.25, 0.3) is 11.3 Å². The summed E-state index contributed by atoms with van der Waals surface area (Å²) in [6.07, 6.45) is 4.15. The van der Waals surface area contributed by atoms with Crippen LogP contribution in [0.2, 0.25) is 10.0 Å². The highest BCUT2D eigenvalue weighted by atomic mass is 35.5. The Morgan fingerprint density at radius 2 is 1.62 bits per heavy atom. The third-order valence-corrected chi connectivity index (χ3v) is 6.07. The van der Waals surface area contributed by atoms with E-state index in [0.717, 1.165) is 32.4 Å². The first kappa shape index (κ1) is 24.6. The lowest BCUT2D eigenvalue weighted by atomic mass is 10.1. The molecule has 3 heterocycles. The minimum atomic E-state index is -3.64. The highest BCUT2D eigenvalue weighted by molar-refractivity contribution is 7.85. The molecule has 34 heavy (non-hydrogen) atoms. The van der Waals surface area contributed by atoms with Crippen molar-refractivity contribution in [2.45, 2.75) is 6.61 Å². The molecule has 180 valence electrons. The number of anilines is 1. The van der Waals surface area contributed by atoms with E-state index >= 15 is 0 Å². The lowest BCUT2D eigenvalue weighted by Crippen LogP contribution is -2.45. The average Bonchev–Trinajstić information content (AvgIpc) is 2.78. The molecule has 1 aliphatic heterocycles. The van der Waals surface area contributed by atoms with Gasteiger partial charge in [0.2, 0.25) is 11.8 Å². The van der Waals surface area contributed by atoms with E-state index in [1.54, 1.807) is 42.7 Å². The maximum atomic E-state index is 11.5. The largest absolute Gasteiger partial charge is 0.436 e. The van der Waals surface area contributed by atoms with Crippen molar-refractivity contribution in [2.24, 2.45) is 0 Å². The third-order valence-electron chi connectivity index (χ3n) is 5.08. The summed E-state index contributed by atoms with van der Waals surface area (Å²) in [5, 5.41) is 0.884. The molecule has 9 nitrogen and oxygen atoms in total. The lowest BCUT2D eigenvalue weighted by Gasteiger charge is -2.32. The summed E-state index contributed by atoms with van der Waals surface area (Å²) in [5.74, 6) is 1.25. The molecule has 0 bridgehead atoms. The van der Waals surface area contributed by atoms with Crippen LogP contribution in [0, 0.1) is 0 Å². The lowest BCUT2D eigenvalue weighted by molar-refractivity contribution is 0.310. The Kier molecular flexibility index (Phi) is 7.54. The van der Waals surface area contributed by atoms with Gasteiger partial charge in [-0.05, 0) is 36.9 Å². The van der Waals surface area contributed by atoms with E-state index in [1.807, 2.05) is 0 Å². The Labute approximate surface area is 208 Å². The number of hydrogen-bond acceptors (Lipinski definition) is 9. The van der Waals surface area contributed by atoms with Gasteiger partial charge in [-0.1, -0.05) is 23.2 Å². The van der Waals surface area contributed by atoms with Crippen molar-refractivity contribution in [3.63, 3.8) is 0 Å². The van der Waals surface area contributed by atoms with E-state index in [9.17, 15) is 8.42 Å². The van der Waals surface area contributed by atoms with Crippen molar-refractivity contribution in [2.75, 3.05) is 44.4 Å². The Morgan fingerprint density at radius 3 is 2.24 bits per heavy atom. The van der Waals surface area contributed by atoms with Gasteiger partial charge in [0.15, 0.2) is 5.75 Å². The molecule has 0 unspecified atom stereocenters. The van der Waals surface area contributed by atoms with Crippen molar-refractivity contribution < 1.29 is 17.3 Å². The fourth-order valence-corrected chi connectivity index (χ4v) is 4.25. The summed E-state index contributed by atoms with van der Waals surface area (Å²) < 4.78 is 33.8. The zero-order valence-corrected chi connectivity index (χ0v) is 20.9. The molecule has 0 radical (unpaired) electrons. The van der Waals surface area contributed by atoms with Crippen LogP contribution in [0.5, 0.6) is 11.6 Å². The highest BCUT2D eigenvalue weighted by Crippen LogP contribution is 2.30. The van der Waals surface area contributed by atoms with Gasteiger partial charge in [-0.3, -0.25) is 4.18 Å². The number of likely N-dealkylation sites (N-methyl/N-ethyl adjacent to an activating group) is 1. The van der Waals surface area contributed by atoms with Gasteiger partial charge in [-0.25, -0.2) is 15.0 Å².